The maximum atomic E-state index is 13.0. The molecular formula is C21H17F3N2O3. The van der Waals surface area contributed by atoms with Crippen LogP contribution >= 0.6 is 0 Å². The van der Waals surface area contributed by atoms with Crippen molar-refractivity contribution in [2.24, 2.45) is 0 Å². The van der Waals surface area contributed by atoms with Crippen LogP contribution in [0.5, 0.6) is 0 Å². The van der Waals surface area contributed by atoms with Crippen LogP contribution in [0.15, 0.2) is 61.2 Å². The third-order valence-electron chi connectivity index (χ3n) is 4.34. The minimum Gasteiger partial charge on any atom is -0.464 e. The Kier molecular flexibility index (Phi) is 5.45. The molecule has 150 valence electrons. The number of amides is 1. The number of fused-ring (bicyclic) bond motifs is 1. The normalized spacial score (nSPS) is 11.3. The van der Waals surface area contributed by atoms with E-state index >= 15 is 0 Å². The Labute approximate surface area is 164 Å². The molecule has 1 amide bonds. The average Bonchev–Trinajstić information content (AvgIpc) is 3.04. The van der Waals surface area contributed by atoms with Gasteiger partial charge in [0.05, 0.1) is 12.7 Å². The lowest BCUT2D eigenvalue weighted by Gasteiger charge is -2.12. The molecule has 2 aromatic carbocycles. The summed E-state index contributed by atoms with van der Waals surface area (Å²) in [4.78, 5) is 23.7. The first-order valence-corrected chi connectivity index (χ1v) is 8.54. The van der Waals surface area contributed by atoms with Gasteiger partial charge in [-0.3, -0.25) is 4.79 Å². The predicted molar refractivity (Wildman–Crippen MR) is 103 cm³/mol. The number of ether oxygens (including phenoxy) is 1. The summed E-state index contributed by atoms with van der Waals surface area (Å²) in [6, 6.07) is 11.5. The van der Waals surface area contributed by atoms with Gasteiger partial charge in [-0.25, -0.2) is 4.79 Å². The molecule has 0 aliphatic carbocycles. The SMILES string of the molecule is C=CC(=O)Nc1ccc2c(c1)cc(C(=O)OC)n2Cc1cccc(C(F)(F)F)c1. The van der Waals surface area contributed by atoms with Gasteiger partial charge < -0.3 is 14.6 Å². The van der Waals surface area contributed by atoms with Crippen molar-refractivity contribution >= 4 is 28.5 Å². The summed E-state index contributed by atoms with van der Waals surface area (Å²) < 4.78 is 45.4. The Balaban J connectivity index is 2.06. The van der Waals surface area contributed by atoms with Gasteiger partial charge in [0.15, 0.2) is 0 Å². The molecule has 0 aliphatic rings. The standard InChI is InChI=1S/C21H17F3N2O3/c1-3-19(27)25-16-7-8-17-14(10-16)11-18(20(28)29-2)26(17)12-13-5-4-6-15(9-13)21(22,23)24/h3-11H,1,12H2,2H3,(H,25,27). The second-order valence-electron chi connectivity index (χ2n) is 6.27. The van der Waals surface area contributed by atoms with Gasteiger partial charge in [0.2, 0.25) is 5.91 Å². The summed E-state index contributed by atoms with van der Waals surface area (Å²) in [5.74, 6) is -1.01. The van der Waals surface area contributed by atoms with Crippen LogP contribution < -0.4 is 5.32 Å². The fourth-order valence-electron chi connectivity index (χ4n) is 3.01. The van der Waals surface area contributed by atoms with Gasteiger partial charge in [0.25, 0.3) is 0 Å². The van der Waals surface area contributed by atoms with E-state index in [0.29, 0.717) is 22.2 Å². The molecule has 0 saturated carbocycles. The molecule has 0 fully saturated rings. The van der Waals surface area contributed by atoms with Crippen molar-refractivity contribution in [2.75, 3.05) is 12.4 Å². The average molecular weight is 402 g/mol. The maximum absolute atomic E-state index is 13.0. The van der Waals surface area contributed by atoms with E-state index in [1.807, 2.05) is 0 Å². The topological polar surface area (TPSA) is 60.3 Å². The second-order valence-corrected chi connectivity index (χ2v) is 6.27. The summed E-state index contributed by atoms with van der Waals surface area (Å²) in [6.45, 7) is 3.42. The van der Waals surface area contributed by atoms with Gasteiger partial charge in [-0.1, -0.05) is 18.7 Å². The van der Waals surface area contributed by atoms with Crippen LogP contribution in [0.2, 0.25) is 0 Å². The molecule has 1 aromatic heterocycles. The smallest absolute Gasteiger partial charge is 0.416 e. The van der Waals surface area contributed by atoms with Crippen molar-refractivity contribution in [3.05, 3.63) is 78.0 Å². The molecule has 0 aliphatic heterocycles. The molecule has 0 saturated heterocycles. The van der Waals surface area contributed by atoms with Crippen molar-refractivity contribution in [2.45, 2.75) is 12.7 Å². The molecule has 5 nitrogen and oxygen atoms in total. The van der Waals surface area contributed by atoms with Gasteiger partial charge >= 0.3 is 12.1 Å². The quantitative estimate of drug-likeness (QED) is 0.501. The summed E-state index contributed by atoms with van der Waals surface area (Å²) in [5, 5.41) is 3.25. The van der Waals surface area contributed by atoms with Crippen molar-refractivity contribution in [3.63, 3.8) is 0 Å². The zero-order chi connectivity index (χ0) is 21.2. The summed E-state index contributed by atoms with van der Waals surface area (Å²) in [7, 11) is 1.23. The number of hydrogen-bond donors (Lipinski definition) is 1. The fourth-order valence-corrected chi connectivity index (χ4v) is 3.01. The van der Waals surface area contributed by atoms with E-state index in [0.717, 1.165) is 18.2 Å². The summed E-state index contributed by atoms with van der Waals surface area (Å²) >= 11 is 0. The Morgan fingerprint density at radius 3 is 2.59 bits per heavy atom. The van der Waals surface area contributed by atoms with Gasteiger partial charge in [-0.05, 0) is 48.0 Å². The number of aromatic nitrogens is 1. The highest BCUT2D eigenvalue weighted by molar-refractivity contribution is 6.01. The zero-order valence-electron chi connectivity index (χ0n) is 15.4. The summed E-state index contributed by atoms with van der Waals surface area (Å²) in [5.41, 5.74) is 0.911. The zero-order valence-corrected chi connectivity index (χ0v) is 15.4. The van der Waals surface area contributed by atoms with Gasteiger partial charge in [0.1, 0.15) is 5.69 Å². The number of halogens is 3. The number of carbonyl (C=O) groups excluding carboxylic acids is 2. The number of nitrogens with one attached hydrogen (secondary N) is 1. The first-order valence-electron chi connectivity index (χ1n) is 8.54. The molecule has 0 spiro atoms. The van der Waals surface area contributed by atoms with E-state index in [1.165, 1.54) is 13.2 Å². The number of rotatable bonds is 5. The largest absolute Gasteiger partial charge is 0.464 e. The first kappa shape index (κ1) is 20.2. The highest BCUT2D eigenvalue weighted by Crippen LogP contribution is 2.30. The summed E-state index contributed by atoms with van der Waals surface area (Å²) in [6.07, 6.45) is -3.33. The molecule has 0 radical (unpaired) electrons. The van der Waals surface area contributed by atoms with Crippen LogP contribution in [0, 0.1) is 0 Å². The van der Waals surface area contributed by atoms with Crippen molar-refractivity contribution < 1.29 is 27.5 Å². The molecule has 0 atom stereocenters. The Morgan fingerprint density at radius 1 is 1.17 bits per heavy atom. The molecule has 3 aromatic rings. The highest BCUT2D eigenvalue weighted by Gasteiger charge is 2.30. The van der Waals surface area contributed by atoms with E-state index in [4.69, 9.17) is 4.74 Å². The number of hydrogen-bond acceptors (Lipinski definition) is 3. The number of benzene rings is 2. The third kappa shape index (κ3) is 4.31. The van der Waals surface area contributed by atoms with Crippen molar-refractivity contribution in [3.8, 4) is 0 Å². The minimum atomic E-state index is -4.46. The molecule has 1 heterocycles. The Hall–Kier alpha value is -3.55. The van der Waals surface area contributed by atoms with Crippen LogP contribution in [0.25, 0.3) is 10.9 Å². The van der Waals surface area contributed by atoms with E-state index in [-0.39, 0.29) is 18.1 Å². The van der Waals surface area contributed by atoms with Crippen LogP contribution in [-0.4, -0.2) is 23.6 Å². The molecule has 8 heteroatoms. The van der Waals surface area contributed by atoms with Crippen LogP contribution in [0.1, 0.15) is 21.6 Å². The van der Waals surface area contributed by atoms with Crippen LogP contribution in [0.4, 0.5) is 18.9 Å². The molecule has 1 N–H and O–H groups in total. The molecule has 29 heavy (non-hydrogen) atoms. The highest BCUT2D eigenvalue weighted by atomic mass is 19.4. The number of methoxy groups -OCH3 is 1. The molecular weight excluding hydrogens is 385 g/mol. The minimum absolute atomic E-state index is 0.0379. The van der Waals surface area contributed by atoms with Crippen LogP contribution in [0.3, 0.4) is 0 Å². The predicted octanol–water partition coefficient (Wildman–Crippen LogP) is 4.62. The van der Waals surface area contributed by atoms with Crippen LogP contribution in [-0.2, 0) is 22.3 Å². The first-order chi connectivity index (χ1) is 13.7. The van der Waals surface area contributed by atoms with Gasteiger partial charge in [-0.15, -0.1) is 0 Å². The fraction of sp³-hybridized carbons (Fsp3) is 0.143. The lowest BCUT2D eigenvalue weighted by molar-refractivity contribution is -0.137. The van der Waals surface area contributed by atoms with E-state index in [1.54, 1.807) is 34.9 Å². The number of alkyl halides is 3. The molecule has 0 unspecified atom stereocenters. The Bertz CT molecular complexity index is 1100. The van der Waals surface area contributed by atoms with Crippen molar-refractivity contribution in [1.82, 2.24) is 4.57 Å². The lowest BCUT2D eigenvalue weighted by Crippen LogP contribution is -2.12. The van der Waals surface area contributed by atoms with E-state index in [9.17, 15) is 22.8 Å². The van der Waals surface area contributed by atoms with E-state index < -0.39 is 17.7 Å². The monoisotopic (exact) mass is 402 g/mol. The molecule has 3 rings (SSSR count). The molecule has 0 bridgehead atoms. The third-order valence-corrected chi connectivity index (χ3v) is 4.34. The van der Waals surface area contributed by atoms with E-state index in [2.05, 4.69) is 11.9 Å². The Morgan fingerprint density at radius 2 is 1.93 bits per heavy atom. The number of carbonyl (C=O) groups is 2. The lowest BCUT2D eigenvalue weighted by atomic mass is 10.1. The van der Waals surface area contributed by atoms with Crippen molar-refractivity contribution in [1.29, 1.82) is 0 Å². The number of nitrogens with zero attached hydrogens (tertiary/aromatic N) is 1. The number of anilines is 1. The second kappa shape index (κ2) is 7.83. The number of esters is 1. The van der Waals surface area contributed by atoms with Gasteiger partial charge in [0, 0.05) is 23.1 Å². The van der Waals surface area contributed by atoms with Gasteiger partial charge in [-0.2, -0.15) is 13.2 Å². The maximum Gasteiger partial charge on any atom is 0.416 e.